The molecule has 16 nitrogen and oxygen atoms in total. The van der Waals surface area contributed by atoms with Crippen LogP contribution in [-0.2, 0) is 57.5 Å². The Kier molecular flexibility index (Phi) is 11.5. The summed E-state index contributed by atoms with van der Waals surface area (Å²) in [5, 5.41) is 0. The van der Waals surface area contributed by atoms with Gasteiger partial charge in [-0.25, -0.2) is 43.6 Å². The minimum atomic E-state index is -4.82. The molecule has 8 bridgehead atoms. The molecule has 0 atom stereocenters. The van der Waals surface area contributed by atoms with Gasteiger partial charge in [0.1, 0.15) is 40.5 Å². The van der Waals surface area contributed by atoms with Crippen molar-refractivity contribution in [2.45, 2.75) is 19.6 Å². The van der Waals surface area contributed by atoms with Crippen molar-refractivity contribution in [2.24, 2.45) is 0 Å². The second kappa shape index (κ2) is 16.6. The van der Waals surface area contributed by atoms with Crippen LogP contribution in [-0.4, -0.2) is 61.9 Å². The number of rotatable bonds is 8. The SMILES string of the molecule is O=S(=O)([O-])c1ccc(-c2c3nc(c(-c4ccc(S(=O)(=O)[O-])cc4)c4ccc([n-]4)c(-c4ccc(S(=O)(=O)[O-])cc4)c4nc(c(-c5ccc(S(=O)(=O)[O-])cc5)c5ccc2[n-]5)C=C4)C=C3)cc1.[Fe+2]. The molecule has 0 amide bonds. The van der Waals surface area contributed by atoms with Crippen LogP contribution in [0.3, 0.4) is 0 Å². The van der Waals surface area contributed by atoms with Gasteiger partial charge in [-0.05, 0) is 117 Å². The second-order valence-corrected chi connectivity index (χ2v) is 19.8. The summed E-state index contributed by atoms with van der Waals surface area (Å²) in [4.78, 5) is 18.0. The Morgan fingerprint density at radius 3 is 0.662 bits per heavy atom. The first-order valence-corrected chi connectivity index (χ1v) is 24.2. The van der Waals surface area contributed by atoms with Crippen molar-refractivity contribution in [1.29, 1.82) is 0 Å². The van der Waals surface area contributed by atoms with Crippen molar-refractivity contribution < 1.29 is 69.0 Å². The fraction of sp³-hybridized carbons (Fsp3) is 0. The van der Waals surface area contributed by atoms with E-state index in [1.165, 1.54) is 48.5 Å². The maximum Gasteiger partial charge on any atom is 2.00 e. The van der Waals surface area contributed by atoms with E-state index in [4.69, 9.17) is 19.9 Å². The zero-order chi connectivity index (χ0) is 45.3. The third kappa shape index (κ3) is 8.89. The predicted molar refractivity (Wildman–Crippen MR) is 230 cm³/mol. The molecule has 0 N–H and O–H groups in total. The second-order valence-electron chi connectivity index (χ2n) is 14.3. The summed E-state index contributed by atoms with van der Waals surface area (Å²) in [5.74, 6) is 0. The maximum atomic E-state index is 11.9. The largest absolute Gasteiger partial charge is 2.00 e. The van der Waals surface area contributed by atoms with Gasteiger partial charge in [-0.3, -0.25) is 0 Å². The smallest absolute Gasteiger partial charge is 0.744 e. The van der Waals surface area contributed by atoms with Crippen molar-refractivity contribution >= 4 is 86.8 Å². The van der Waals surface area contributed by atoms with E-state index in [-0.39, 0.29) is 17.1 Å². The van der Waals surface area contributed by atoms with Crippen LogP contribution in [0.5, 0.6) is 0 Å². The van der Waals surface area contributed by atoms with E-state index in [2.05, 4.69) is 0 Å². The molecule has 65 heavy (non-hydrogen) atoms. The van der Waals surface area contributed by atoms with Crippen molar-refractivity contribution in [1.82, 2.24) is 19.9 Å². The summed E-state index contributed by atoms with van der Waals surface area (Å²) < 4.78 is 143. The minimum absolute atomic E-state index is 0. The van der Waals surface area contributed by atoms with Crippen LogP contribution >= 0.6 is 0 Å². The summed E-state index contributed by atoms with van der Waals surface area (Å²) in [7, 11) is -19.3. The summed E-state index contributed by atoms with van der Waals surface area (Å²) in [5.41, 5.74) is 5.63. The van der Waals surface area contributed by atoms with E-state index in [0.29, 0.717) is 89.4 Å². The number of nitrogens with zero attached hydrogens (tertiary/aromatic N) is 4. The molecule has 21 heteroatoms. The molecular weight excluding hydrogens is 961 g/mol. The summed E-state index contributed by atoms with van der Waals surface area (Å²) in [6, 6.07) is 27.2. The Balaban J connectivity index is 0.00000576. The van der Waals surface area contributed by atoms with Crippen LogP contribution in [0.25, 0.3) is 90.9 Å². The monoisotopic (exact) mass is 984 g/mol. The van der Waals surface area contributed by atoms with Crippen LogP contribution in [0.1, 0.15) is 22.8 Å². The van der Waals surface area contributed by atoms with Crippen LogP contribution in [0.4, 0.5) is 0 Å². The van der Waals surface area contributed by atoms with E-state index in [1.807, 2.05) is 0 Å². The normalized spacial score (nSPS) is 12.9. The van der Waals surface area contributed by atoms with Gasteiger partial charge in [-0.2, -0.15) is 0 Å². The zero-order valence-corrected chi connectivity index (χ0v) is 36.9. The Hall–Kier alpha value is -6.36. The molecule has 0 radical (unpaired) electrons. The first-order valence-electron chi connectivity index (χ1n) is 18.5. The number of aromatic nitrogens is 4. The first kappa shape index (κ1) is 45.2. The van der Waals surface area contributed by atoms with E-state index in [9.17, 15) is 51.9 Å². The standard InChI is InChI=1S/C44H28N4O12S4.Fe/c49-61(50,51)29-9-1-25(2-10-29)41-33-17-19-35(45-33)42(26-3-11-30(12-4-26)62(52,53)54)37-21-23-39(47-37)44(28-7-15-32(16-8-28)64(58,59)60)40-24-22-38(48-40)43(36-20-18-34(41)46-36)27-5-13-31(14-6-27)63(55,56)57;/h1-24H,(H,49,50,51)(H,52,53,54)(H,55,56,57)(H,58,59,60);/q-2;+2/p-4. The number of benzene rings is 4. The molecule has 0 fully saturated rings. The third-order valence-corrected chi connectivity index (χ3v) is 13.7. The third-order valence-electron chi connectivity index (χ3n) is 10.3. The molecular formula is C44H24FeN4O12S4-4. The molecule has 2 aliphatic rings. The average molecular weight is 985 g/mol. The zero-order valence-electron chi connectivity index (χ0n) is 32.5. The molecule has 7 aromatic rings. The fourth-order valence-corrected chi connectivity index (χ4v) is 9.30. The average Bonchev–Trinajstić information content (AvgIpc) is 4.08. The number of fused-ring (bicyclic) bond motifs is 8. The van der Waals surface area contributed by atoms with Crippen LogP contribution in [0.2, 0.25) is 0 Å². The van der Waals surface area contributed by atoms with Gasteiger partial charge in [0.15, 0.2) is 0 Å². The molecule has 3 aromatic heterocycles. The Morgan fingerprint density at radius 2 is 0.492 bits per heavy atom. The molecule has 0 saturated heterocycles. The topological polar surface area (TPSA) is 283 Å². The van der Waals surface area contributed by atoms with Gasteiger partial charge < -0.3 is 28.2 Å². The molecule has 9 rings (SSSR count). The fourth-order valence-electron chi connectivity index (χ4n) is 7.42. The summed E-state index contributed by atoms with van der Waals surface area (Å²) in [6.45, 7) is 0. The van der Waals surface area contributed by atoms with Crippen molar-refractivity contribution in [2.75, 3.05) is 0 Å². The van der Waals surface area contributed by atoms with Gasteiger partial charge in [0.05, 0.1) is 42.4 Å². The Bertz CT molecular complexity index is 3300. The van der Waals surface area contributed by atoms with Crippen molar-refractivity contribution in [3.63, 3.8) is 0 Å². The van der Waals surface area contributed by atoms with Gasteiger partial charge in [-0.1, -0.05) is 72.8 Å². The van der Waals surface area contributed by atoms with Gasteiger partial charge in [0.25, 0.3) is 0 Å². The Morgan fingerprint density at radius 1 is 0.308 bits per heavy atom. The van der Waals surface area contributed by atoms with Gasteiger partial charge >= 0.3 is 17.1 Å². The molecule has 2 aliphatic heterocycles. The van der Waals surface area contributed by atoms with Crippen molar-refractivity contribution in [3.8, 4) is 44.5 Å². The quantitative estimate of drug-likeness (QED) is 0.121. The molecule has 328 valence electrons. The van der Waals surface area contributed by atoms with Crippen LogP contribution in [0, 0.1) is 0 Å². The van der Waals surface area contributed by atoms with E-state index in [1.54, 1.807) is 48.6 Å². The molecule has 0 spiro atoms. The summed E-state index contributed by atoms with van der Waals surface area (Å²) >= 11 is 0. The van der Waals surface area contributed by atoms with E-state index in [0.717, 1.165) is 48.5 Å². The van der Waals surface area contributed by atoms with Gasteiger partial charge in [-0.15, -0.1) is 22.1 Å². The van der Waals surface area contributed by atoms with Crippen molar-refractivity contribution in [3.05, 3.63) is 144 Å². The Labute approximate surface area is 381 Å². The molecule has 0 unspecified atom stereocenters. The predicted octanol–water partition coefficient (Wildman–Crippen LogP) is 6.20. The number of hydrogen-bond donors (Lipinski definition) is 0. The molecule has 5 heterocycles. The first-order chi connectivity index (χ1) is 30.2. The molecule has 0 aliphatic carbocycles. The van der Waals surface area contributed by atoms with Crippen LogP contribution < -0.4 is 9.97 Å². The van der Waals surface area contributed by atoms with Gasteiger partial charge in [0, 0.05) is 0 Å². The molecule has 4 aromatic carbocycles. The van der Waals surface area contributed by atoms with E-state index >= 15 is 0 Å². The van der Waals surface area contributed by atoms with Crippen LogP contribution in [0.15, 0.2) is 141 Å². The van der Waals surface area contributed by atoms with Gasteiger partial charge in [0.2, 0.25) is 0 Å². The summed E-state index contributed by atoms with van der Waals surface area (Å²) in [6.07, 6.45) is 6.65. The maximum absolute atomic E-state index is 11.9. The van der Waals surface area contributed by atoms with E-state index < -0.39 is 60.1 Å². The minimum Gasteiger partial charge on any atom is -0.744 e. The number of hydrogen-bond acceptors (Lipinski definition) is 14. The molecule has 0 saturated carbocycles.